The topological polar surface area (TPSA) is 75.7 Å². The van der Waals surface area contributed by atoms with Crippen molar-refractivity contribution in [3.63, 3.8) is 0 Å². The van der Waals surface area contributed by atoms with Gasteiger partial charge in [-0.05, 0) is 75.0 Å². The Morgan fingerprint density at radius 3 is 2.30 bits per heavy atom. The van der Waals surface area contributed by atoms with Crippen LogP contribution in [0.4, 0.5) is 0 Å². The van der Waals surface area contributed by atoms with Gasteiger partial charge in [0.15, 0.2) is 6.61 Å². The lowest BCUT2D eigenvalue weighted by Crippen LogP contribution is -2.54. The molecule has 6 nitrogen and oxygen atoms in total. The number of piperidine rings is 1. The number of amides is 2. The molecule has 1 saturated heterocycles. The van der Waals surface area contributed by atoms with Gasteiger partial charge in [0.25, 0.3) is 5.91 Å². The molecule has 0 spiro atoms. The maximum Gasteiger partial charge on any atom is 0.325 e. The van der Waals surface area contributed by atoms with Crippen molar-refractivity contribution in [2.45, 2.75) is 58.3 Å². The second kappa shape index (κ2) is 7.44. The van der Waals surface area contributed by atoms with E-state index in [0.717, 1.165) is 45.2 Å². The molecule has 4 bridgehead atoms. The third kappa shape index (κ3) is 3.99. The van der Waals surface area contributed by atoms with Gasteiger partial charge in [0.05, 0.1) is 0 Å². The Labute approximate surface area is 161 Å². The number of ether oxygens (including phenoxy) is 1. The molecule has 2 amide bonds. The van der Waals surface area contributed by atoms with Crippen molar-refractivity contribution in [1.29, 1.82) is 0 Å². The summed E-state index contributed by atoms with van der Waals surface area (Å²) in [7, 11) is 0. The Kier molecular flexibility index (Phi) is 5.17. The van der Waals surface area contributed by atoms with E-state index in [0.29, 0.717) is 23.7 Å². The summed E-state index contributed by atoms with van der Waals surface area (Å²) in [6.07, 6.45) is 8.92. The second-order valence-corrected chi connectivity index (χ2v) is 9.63. The van der Waals surface area contributed by atoms with E-state index in [-0.39, 0.29) is 30.4 Å². The van der Waals surface area contributed by atoms with Crippen LogP contribution in [0.15, 0.2) is 0 Å². The number of likely N-dealkylation sites (tertiary alicyclic amines) is 1. The molecule has 0 aromatic heterocycles. The zero-order chi connectivity index (χ0) is 19.0. The number of carbonyl (C=O) groups excluding carboxylic acids is 3. The monoisotopic (exact) mass is 376 g/mol. The minimum atomic E-state index is -0.522. The van der Waals surface area contributed by atoms with Gasteiger partial charge in [0.1, 0.15) is 6.54 Å². The summed E-state index contributed by atoms with van der Waals surface area (Å²) >= 11 is 0. The van der Waals surface area contributed by atoms with E-state index in [9.17, 15) is 14.4 Å². The van der Waals surface area contributed by atoms with Crippen LogP contribution in [0, 0.1) is 29.1 Å². The Morgan fingerprint density at radius 1 is 1.07 bits per heavy atom. The zero-order valence-corrected chi connectivity index (χ0v) is 16.4. The minimum absolute atomic E-state index is 0.0229. The number of carbonyl (C=O) groups is 3. The van der Waals surface area contributed by atoms with Gasteiger partial charge in [-0.25, -0.2) is 0 Å². The lowest BCUT2D eigenvalue weighted by molar-refractivity contribution is -0.154. The van der Waals surface area contributed by atoms with Gasteiger partial charge >= 0.3 is 5.97 Å². The minimum Gasteiger partial charge on any atom is -0.454 e. The highest BCUT2D eigenvalue weighted by Gasteiger charge is 2.54. The van der Waals surface area contributed by atoms with E-state index in [1.807, 2.05) is 0 Å². The van der Waals surface area contributed by atoms with Crippen LogP contribution in [-0.2, 0) is 19.1 Å². The fourth-order valence-electron chi connectivity index (χ4n) is 6.43. The lowest BCUT2D eigenvalue weighted by Gasteiger charge is -2.55. The van der Waals surface area contributed by atoms with Crippen LogP contribution in [-0.4, -0.2) is 48.9 Å². The highest BCUT2D eigenvalue weighted by molar-refractivity contribution is 5.87. The van der Waals surface area contributed by atoms with Crippen molar-refractivity contribution in [2.75, 3.05) is 26.2 Å². The van der Waals surface area contributed by atoms with Crippen molar-refractivity contribution in [3.05, 3.63) is 0 Å². The van der Waals surface area contributed by atoms with E-state index in [1.54, 1.807) is 4.90 Å². The molecule has 0 aromatic carbocycles. The Balaban J connectivity index is 1.21. The first-order valence-electron chi connectivity index (χ1n) is 10.7. The molecular weight excluding hydrogens is 344 g/mol. The normalized spacial score (nSPS) is 37.1. The summed E-state index contributed by atoms with van der Waals surface area (Å²) < 4.78 is 5.12. The van der Waals surface area contributed by atoms with Gasteiger partial charge in [-0.3, -0.25) is 14.4 Å². The largest absolute Gasteiger partial charge is 0.454 e. The highest BCUT2D eigenvalue weighted by atomic mass is 16.5. The summed E-state index contributed by atoms with van der Waals surface area (Å²) in [6.45, 7) is 3.25. The second-order valence-electron chi connectivity index (χ2n) is 9.63. The van der Waals surface area contributed by atoms with Crippen LogP contribution >= 0.6 is 0 Å². The predicted octanol–water partition coefficient (Wildman–Crippen LogP) is 2.12. The SMILES string of the molecule is C[C@@H]1CCCN(C(=O)COC(=O)CNC(=O)C23CC4CC(CC(C4)C2)C3)C1. The molecule has 0 radical (unpaired) electrons. The fraction of sp³-hybridized carbons (Fsp3) is 0.857. The molecule has 4 aliphatic carbocycles. The number of hydrogen-bond acceptors (Lipinski definition) is 4. The van der Waals surface area contributed by atoms with Crippen LogP contribution < -0.4 is 5.32 Å². The van der Waals surface area contributed by atoms with Gasteiger partial charge in [-0.2, -0.15) is 0 Å². The van der Waals surface area contributed by atoms with Crippen LogP contribution in [0.25, 0.3) is 0 Å². The van der Waals surface area contributed by atoms with Crippen molar-refractivity contribution in [1.82, 2.24) is 10.2 Å². The van der Waals surface area contributed by atoms with E-state index in [4.69, 9.17) is 4.74 Å². The van der Waals surface area contributed by atoms with Gasteiger partial charge in [-0.15, -0.1) is 0 Å². The Bertz CT molecular complexity index is 582. The Hall–Kier alpha value is -1.59. The third-order valence-electron chi connectivity index (χ3n) is 7.28. The highest BCUT2D eigenvalue weighted by Crippen LogP contribution is 2.60. The van der Waals surface area contributed by atoms with Crippen LogP contribution in [0.2, 0.25) is 0 Å². The molecule has 0 unspecified atom stereocenters. The number of rotatable bonds is 5. The first kappa shape index (κ1) is 18.8. The number of hydrogen-bond donors (Lipinski definition) is 1. The van der Waals surface area contributed by atoms with Gasteiger partial charge in [0.2, 0.25) is 5.91 Å². The van der Waals surface area contributed by atoms with Crippen LogP contribution in [0.3, 0.4) is 0 Å². The lowest BCUT2D eigenvalue weighted by atomic mass is 9.49. The molecule has 5 fully saturated rings. The van der Waals surface area contributed by atoms with Gasteiger partial charge in [-0.1, -0.05) is 6.92 Å². The maximum absolute atomic E-state index is 12.8. The zero-order valence-electron chi connectivity index (χ0n) is 16.4. The first-order valence-corrected chi connectivity index (χ1v) is 10.7. The number of nitrogens with one attached hydrogen (secondary N) is 1. The quantitative estimate of drug-likeness (QED) is 0.746. The Morgan fingerprint density at radius 2 is 1.70 bits per heavy atom. The van der Waals surface area contributed by atoms with Crippen molar-refractivity contribution >= 4 is 17.8 Å². The molecule has 1 heterocycles. The molecular formula is C21H32N2O4. The molecule has 1 aliphatic heterocycles. The molecule has 6 heteroatoms. The van der Waals surface area contributed by atoms with Gasteiger partial charge in [0, 0.05) is 18.5 Å². The summed E-state index contributed by atoms with van der Waals surface area (Å²) in [4.78, 5) is 38.8. The third-order valence-corrected chi connectivity index (χ3v) is 7.28. The molecule has 5 aliphatic rings. The number of esters is 1. The van der Waals surface area contributed by atoms with Crippen LogP contribution in [0.5, 0.6) is 0 Å². The molecule has 4 saturated carbocycles. The summed E-state index contributed by atoms with van der Waals surface area (Å²) in [5.41, 5.74) is -0.255. The average Bonchev–Trinajstić information content (AvgIpc) is 2.63. The predicted molar refractivity (Wildman–Crippen MR) is 99.6 cm³/mol. The molecule has 1 atom stereocenters. The maximum atomic E-state index is 12.8. The van der Waals surface area contributed by atoms with Crippen molar-refractivity contribution < 1.29 is 19.1 Å². The fourth-order valence-corrected chi connectivity index (χ4v) is 6.43. The van der Waals surface area contributed by atoms with E-state index < -0.39 is 5.97 Å². The van der Waals surface area contributed by atoms with E-state index in [1.165, 1.54) is 19.3 Å². The summed E-state index contributed by atoms with van der Waals surface area (Å²) in [5.74, 6) is 1.94. The molecule has 5 rings (SSSR count). The smallest absolute Gasteiger partial charge is 0.325 e. The first-order chi connectivity index (χ1) is 12.9. The molecule has 1 N–H and O–H groups in total. The number of nitrogens with zero attached hydrogens (tertiary/aromatic N) is 1. The molecule has 27 heavy (non-hydrogen) atoms. The van der Waals surface area contributed by atoms with Crippen LogP contribution in [0.1, 0.15) is 58.3 Å². The van der Waals surface area contributed by atoms with Gasteiger partial charge < -0.3 is 15.0 Å². The summed E-state index contributed by atoms with van der Waals surface area (Å²) in [5, 5.41) is 2.81. The van der Waals surface area contributed by atoms with Crippen molar-refractivity contribution in [3.8, 4) is 0 Å². The summed E-state index contributed by atoms with van der Waals surface area (Å²) in [6, 6.07) is 0. The standard InChI is InChI=1S/C21H32N2O4/c1-14-3-2-4-23(12-14)18(24)13-27-19(25)11-22-20(26)21-8-15-5-16(9-21)7-17(6-15)10-21/h14-17H,2-13H2,1H3,(H,22,26)/t14-,15?,16?,17?,21?/m1/s1. The van der Waals surface area contributed by atoms with E-state index in [2.05, 4.69) is 12.2 Å². The van der Waals surface area contributed by atoms with Crippen molar-refractivity contribution in [2.24, 2.45) is 29.1 Å². The average molecular weight is 376 g/mol. The molecule has 0 aromatic rings. The van der Waals surface area contributed by atoms with E-state index >= 15 is 0 Å². The molecule has 150 valence electrons.